The van der Waals surface area contributed by atoms with Crippen molar-refractivity contribution >= 4 is 17.4 Å². The van der Waals surface area contributed by atoms with Crippen LogP contribution in [0.25, 0.3) is 0 Å². The molecule has 1 aromatic heterocycles. The fraction of sp³-hybridized carbons (Fsp3) is 0.750. The van der Waals surface area contributed by atoms with E-state index in [9.17, 15) is 0 Å². The number of nitrogens with one attached hydrogen (secondary N) is 1. The predicted octanol–water partition coefficient (Wildman–Crippen LogP) is 4.51. The highest BCUT2D eigenvalue weighted by atomic mass is 35.5. The van der Waals surface area contributed by atoms with Gasteiger partial charge in [-0.1, -0.05) is 33.1 Å². The number of alkyl halides is 1. The summed E-state index contributed by atoms with van der Waals surface area (Å²) < 4.78 is 0. The first-order valence-corrected chi connectivity index (χ1v) is 8.23. The number of nitrogens with zero attached hydrogens (tertiary/aromatic N) is 2. The maximum absolute atomic E-state index is 6.24. The number of aromatic nitrogens is 2. The van der Waals surface area contributed by atoms with E-state index in [0.29, 0.717) is 5.92 Å². The predicted molar refractivity (Wildman–Crippen MR) is 85.6 cm³/mol. The summed E-state index contributed by atoms with van der Waals surface area (Å²) in [6, 6.07) is 2.02. The lowest BCUT2D eigenvalue weighted by atomic mass is 9.75. The minimum absolute atomic E-state index is 0.247. The lowest BCUT2D eigenvalue weighted by molar-refractivity contribution is 0.238. The molecule has 0 aromatic carbocycles. The maximum atomic E-state index is 6.24. The SMILES string of the molecule is Cc1cc(NCC2(CCl)CCCCC2)nc(C(C)C)n1. The van der Waals surface area contributed by atoms with E-state index in [1.165, 1.54) is 32.1 Å². The molecule has 2 rings (SSSR count). The monoisotopic (exact) mass is 295 g/mol. The molecular formula is C16H26ClN3. The molecule has 0 amide bonds. The first-order chi connectivity index (χ1) is 9.54. The summed E-state index contributed by atoms with van der Waals surface area (Å²) in [6.07, 6.45) is 6.40. The van der Waals surface area contributed by atoms with Crippen LogP contribution in [0.15, 0.2) is 6.07 Å². The Kier molecular flexibility index (Phi) is 5.25. The molecule has 1 N–H and O–H groups in total. The van der Waals surface area contributed by atoms with Crippen molar-refractivity contribution in [2.24, 2.45) is 5.41 Å². The van der Waals surface area contributed by atoms with Crippen molar-refractivity contribution in [3.8, 4) is 0 Å². The van der Waals surface area contributed by atoms with E-state index in [0.717, 1.165) is 29.8 Å². The van der Waals surface area contributed by atoms with Crippen molar-refractivity contribution < 1.29 is 0 Å². The highest BCUT2D eigenvalue weighted by molar-refractivity contribution is 6.18. The van der Waals surface area contributed by atoms with Gasteiger partial charge < -0.3 is 5.32 Å². The summed E-state index contributed by atoms with van der Waals surface area (Å²) in [5.41, 5.74) is 1.27. The van der Waals surface area contributed by atoms with Gasteiger partial charge in [-0.2, -0.15) is 0 Å². The number of hydrogen-bond acceptors (Lipinski definition) is 3. The lowest BCUT2D eigenvalue weighted by Gasteiger charge is -2.35. The Morgan fingerprint density at radius 2 is 1.95 bits per heavy atom. The van der Waals surface area contributed by atoms with E-state index >= 15 is 0 Å². The van der Waals surface area contributed by atoms with Gasteiger partial charge in [-0.3, -0.25) is 0 Å². The van der Waals surface area contributed by atoms with E-state index in [1.54, 1.807) is 0 Å². The summed E-state index contributed by atoms with van der Waals surface area (Å²) in [6.45, 7) is 7.20. The van der Waals surface area contributed by atoms with Gasteiger partial charge >= 0.3 is 0 Å². The molecule has 0 unspecified atom stereocenters. The number of aryl methyl sites for hydroxylation is 1. The average molecular weight is 296 g/mol. The highest BCUT2D eigenvalue weighted by Gasteiger charge is 2.31. The molecule has 0 radical (unpaired) electrons. The molecule has 0 atom stereocenters. The molecular weight excluding hydrogens is 270 g/mol. The van der Waals surface area contributed by atoms with Crippen LogP contribution in [0.5, 0.6) is 0 Å². The van der Waals surface area contributed by atoms with E-state index in [4.69, 9.17) is 11.6 Å². The zero-order valence-electron chi connectivity index (χ0n) is 12.9. The molecule has 112 valence electrons. The fourth-order valence-electron chi connectivity index (χ4n) is 2.88. The molecule has 20 heavy (non-hydrogen) atoms. The van der Waals surface area contributed by atoms with Gasteiger partial charge in [0.1, 0.15) is 11.6 Å². The molecule has 0 aliphatic heterocycles. The Balaban J connectivity index is 2.06. The van der Waals surface area contributed by atoms with Gasteiger partial charge in [0.2, 0.25) is 0 Å². The number of rotatable bonds is 5. The van der Waals surface area contributed by atoms with E-state index < -0.39 is 0 Å². The second-order valence-electron chi connectivity index (χ2n) is 6.46. The van der Waals surface area contributed by atoms with Gasteiger partial charge in [-0.25, -0.2) is 9.97 Å². The van der Waals surface area contributed by atoms with Crippen LogP contribution in [0.1, 0.15) is 63.4 Å². The van der Waals surface area contributed by atoms with Crippen molar-refractivity contribution in [3.63, 3.8) is 0 Å². The molecule has 1 fully saturated rings. The second-order valence-corrected chi connectivity index (χ2v) is 6.72. The van der Waals surface area contributed by atoms with Crippen LogP contribution in [-0.2, 0) is 0 Å². The molecule has 0 spiro atoms. The van der Waals surface area contributed by atoms with Crippen molar-refractivity contribution in [1.82, 2.24) is 9.97 Å². The van der Waals surface area contributed by atoms with E-state index in [-0.39, 0.29) is 5.41 Å². The minimum Gasteiger partial charge on any atom is -0.369 e. The van der Waals surface area contributed by atoms with Gasteiger partial charge in [0.05, 0.1) is 0 Å². The maximum Gasteiger partial charge on any atom is 0.133 e. The van der Waals surface area contributed by atoms with Gasteiger partial charge in [0.25, 0.3) is 0 Å². The van der Waals surface area contributed by atoms with Gasteiger partial charge in [0.15, 0.2) is 0 Å². The number of anilines is 1. The summed E-state index contributed by atoms with van der Waals surface area (Å²) in [5, 5.41) is 3.51. The quantitative estimate of drug-likeness (QED) is 0.812. The Labute approximate surface area is 127 Å². The van der Waals surface area contributed by atoms with Crippen LogP contribution in [0.2, 0.25) is 0 Å². The van der Waals surface area contributed by atoms with Gasteiger partial charge in [0, 0.05) is 35.5 Å². The molecule has 1 aliphatic rings. The largest absolute Gasteiger partial charge is 0.369 e. The van der Waals surface area contributed by atoms with Crippen LogP contribution < -0.4 is 5.32 Å². The Morgan fingerprint density at radius 3 is 2.55 bits per heavy atom. The van der Waals surface area contributed by atoms with Crippen LogP contribution in [0.4, 0.5) is 5.82 Å². The first-order valence-electron chi connectivity index (χ1n) is 7.70. The molecule has 1 aromatic rings. The molecule has 1 aliphatic carbocycles. The van der Waals surface area contributed by atoms with Gasteiger partial charge in [-0.05, 0) is 19.8 Å². The molecule has 4 heteroatoms. The Morgan fingerprint density at radius 1 is 1.25 bits per heavy atom. The third kappa shape index (κ3) is 3.85. The topological polar surface area (TPSA) is 37.8 Å². The Bertz CT molecular complexity index is 439. The lowest BCUT2D eigenvalue weighted by Crippen LogP contribution is -2.34. The van der Waals surface area contributed by atoms with Crippen LogP contribution >= 0.6 is 11.6 Å². The summed E-state index contributed by atoms with van der Waals surface area (Å²) in [7, 11) is 0. The van der Waals surface area contributed by atoms with Crippen LogP contribution in [0.3, 0.4) is 0 Å². The summed E-state index contributed by atoms with van der Waals surface area (Å²) >= 11 is 6.24. The molecule has 1 heterocycles. The zero-order valence-corrected chi connectivity index (χ0v) is 13.6. The van der Waals surface area contributed by atoms with Crippen molar-refractivity contribution in [1.29, 1.82) is 0 Å². The fourth-order valence-corrected chi connectivity index (χ4v) is 3.24. The standard InChI is InChI=1S/C16H26ClN3/c1-12(2)15-19-13(3)9-14(20-15)18-11-16(10-17)7-5-4-6-8-16/h9,12H,4-8,10-11H2,1-3H3,(H,18,19,20). The minimum atomic E-state index is 0.247. The molecule has 3 nitrogen and oxygen atoms in total. The molecule has 0 bridgehead atoms. The average Bonchev–Trinajstić information content (AvgIpc) is 2.45. The second kappa shape index (κ2) is 6.75. The zero-order chi connectivity index (χ0) is 14.6. The van der Waals surface area contributed by atoms with Crippen LogP contribution in [-0.4, -0.2) is 22.4 Å². The van der Waals surface area contributed by atoms with Crippen molar-refractivity contribution in [2.75, 3.05) is 17.7 Å². The smallest absolute Gasteiger partial charge is 0.133 e. The number of halogens is 1. The molecule has 0 saturated heterocycles. The van der Waals surface area contributed by atoms with Crippen LogP contribution in [0, 0.1) is 12.3 Å². The van der Waals surface area contributed by atoms with E-state index in [1.807, 2.05) is 13.0 Å². The molecule has 1 saturated carbocycles. The van der Waals surface area contributed by atoms with Crippen molar-refractivity contribution in [2.45, 2.75) is 58.8 Å². The Hall–Kier alpha value is -0.830. The summed E-state index contributed by atoms with van der Waals surface area (Å²) in [4.78, 5) is 9.11. The third-order valence-corrected chi connectivity index (χ3v) is 4.80. The summed E-state index contributed by atoms with van der Waals surface area (Å²) in [5.74, 6) is 2.95. The third-order valence-electron chi connectivity index (χ3n) is 4.23. The highest BCUT2D eigenvalue weighted by Crippen LogP contribution is 2.37. The van der Waals surface area contributed by atoms with Crippen molar-refractivity contribution in [3.05, 3.63) is 17.6 Å². The van der Waals surface area contributed by atoms with Gasteiger partial charge in [-0.15, -0.1) is 11.6 Å². The first kappa shape index (κ1) is 15.6. The normalized spacial score (nSPS) is 18.2. The number of hydrogen-bond donors (Lipinski definition) is 1. The van der Waals surface area contributed by atoms with E-state index in [2.05, 4.69) is 29.1 Å².